The zero-order valence-electron chi connectivity index (χ0n) is 10.3. The Morgan fingerprint density at radius 3 is 2.47 bits per heavy atom. The van der Waals surface area contributed by atoms with Crippen molar-refractivity contribution in [3.8, 4) is 0 Å². The second-order valence-corrected chi connectivity index (χ2v) is 8.44. The van der Waals surface area contributed by atoms with Gasteiger partial charge in [-0.15, -0.1) is 0 Å². The van der Waals surface area contributed by atoms with Gasteiger partial charge in [0.1, 0.15) is 0 Å². The lowest BCUT2D eigenvalue weighted by molar-refractivity contribution is 0.232. The summed E-state index contributed by atoms with van der Waals surface area (Å²) in [6.45, 7) is 5.84. The number of aromatic amines is 1. The van der Waals surface area contributed by atoms with Crippen LogP contribution in [0.5, 0.6) is 0 Å². The van der Waals surface area contributed by atoms with Gasteiger partial charge in [-0.2, -0.15) is 0 Å². The lowest BCUT2D eigenvalue weighted by atomic mass is 9.77. The maximum atomic E-state index is 12.2. The van der Waals surface area contributed by atoms with Gasteiger partial charge in [-0.3, -0.25) is 4.79 Å². The van der Waals surface area contributed by atoms with E-state index in [-0.39, 0.29) is 15.2 Å². The first-order valence-electron chi connectivity index (χ1n) is 5.72. The third kappa shape index (κ3) is 2.53. The summed E-state index contributed by atoms with van der Waals surface area (Å²) in [5.41, 5.74) is -0.248. The van der Waals surface area contributed by atoms with Crippen LogP contribution in [0.3, 0.4) is 0 Å². The number of hydrogen-bond acceptors (Lipinski definition) is 3. The second kappa shape index (κ2) is 4.33. The Morgan fingerprint density at radius 2 is 2.12 bits per heavy atom. The molecule has 0 aromatic carbocycles. The molecule has 0 bridgehead atoms. The topological polar surface area (TPSA) is 62.0 Å². The molecule has 1 aromatic heterocycles. The van der Waals surface area contributed by atoms with Crippen LogP contribution in [-0.4, -0.2) is 13.9 Å². The van der Waals surface area contributed by atoms with E-state index in [4.69, 9.17) is 0 Å². The van der Waals surface area contributed by atoms with E-state index >= 15 is 0 Å². The molecular weight excluding hydrogens is 256 g/mol. The Kier molecular flexibility index (Phi) is 3.31. The lowest BCUT2D eigenvalue weighted by Gasteiger charge is -2.42. The second-order valence-electron chi connectivity index (χ2n) is 5.46. The van der Waals surface area contributed by atoms with Crippen molar-refractivity contribution in [3.05, 3.63) is 20.7 Å². The number of nitrogens with one attached hydrogen (secondary N) is 2. The van der Waals surface area contributed by atoms with E-state index in [2.05, 4.69) is 9.71 Å². The van der Waals surface area contributed by atoms with Crippen molar-refractivity contribution in [2.75, 3.05) is 0 Å². The van der Waals surface area contributed by atoms with Crippen molar-refractivity contribution < 1.29 is 4.21 Å². The summed E-state index contributed by atoms with van der Waals surface area (Å²) >= 11 is 1.22. The molecule has 4 nitrogen and oxygen atoms in total. The highest BCUT2D eigenvalue weighted by atomic mass is 32.2. The van der Waals surface area contributed by atoms with Crippen LogP contribution >= 0.6 is 11.3 Å². The zero-order valence-corrected chi connectivity index (χ0v) is 12.0. The molecule has 1 saturated carbocycles. The van der Waals surface area contributed by atoms with Crippen LogP contribution in [-0.2, 0) is 16.5 Å². The van der Waals surface area contributed by atoms with E-state index in [0.717, 1.165) is 24.1 Å². The van der Waals surface area contributed by atoms with Gasteiger partial charge in [0.15, 0.2) is 0 Å². The minimum Gasteiger partial charge on any atom is -0.319 e. The van der Waals surface area contributed by atoms with Crippen LogP contribution in [0, 0.1) is 0 Å². The maximum absolute atomic E-state index is 12.2. The van der Waals surface area contributed by atoms with Gasteiger partial charge in [0.2, 0.25) is 0 Å². The molecule has 1 aromatic rings. The molecular formula is C11H18N2O2S2. The number of hydrogen-bond donors (Lipinski definition) is 2. The Labute approximate surface area is 107 Å². The molecule has 0 amide bonds. The fourth-order valence-electron chi connectivity index (χ4n) is 1.78. The van der Waals surface area contributed by atoms with E-state index in [1.807, 2.05) is 20.8 Å². The molecule has 1 heterocycles. The minimum absolute atomic E-state index is 0.0467. The first-order valence-corrected chi connectivity index (χ1v) is 7.69. The average Bonchev–Trinajstić information content (AvgIpc) is 2.56. The standard InChI is InChI=1S/C11H18N2O2S2/c1-10(2,3)17(15)13-11(5-4-6-11)8-7-12-9(14)16-8/h7,13H,4-6H2,1-3H3,(H,12,14). The summed E-state index contributed by atoms with van der Waals surface area (Å²) < 4.78 is 15.1. The van der Waals surface area contributed by atoms with E-state index in [1.165, 1.54) is 11.3 Å². The quantitative estimate of drug-likeness (QED) is 0.884. The van der Waals surface area contributed by atoms with Gasteiger partial charge in [0, 0.05) is 11.1 Å². The van der Waals surface area contributed by atoms with Crippen molar-refractivity contribution in [1.82, 2.24) is 9.71 Å². The molecule has 0 aliphatic heterocycles. The first-order chi connectivity index (χ1) is 7.83. The molecule has 1 unspecified atom stereocenters. The van der Waals surface area contributed by atoms with Gasteiger partial charge in [-0.1, -0.05) is 11.3 Å². The van der Waals surface area contributed by atoms with Crippen LogP contribution in [0.1, 0.15) is 44.9 Å². The Morgan fingerprint density at radius 1 is 1.47 bits per heavy atom. The SMILES string of the molecule is CC(C)(C)S(=O)NC1(c2c[nH]c(=O)s2)CCC1. The minimum atomic E-state index is -1.11. The van der Waals surface area contributed by atoms with E-state index in [9.17, 15) is 9.00 Å². The van der Waals surface area contributed by atoms with Crippen molar-refractivity contribution in [3.63, 3.8) is 0 Å². The molecule has 96 valence electrons. The third-order valence-corrected chi connectivity index (χ3v) is 5.77. The summed E-state index contributed by atoms with van der Waals surface area (Å²) in [7, 11) is -1.11. The van der Waals surface area contributed by atoms with Gasteiger partial charge in [0.05, 0.1) is 21.3 Å². The Hall–Kier alpha value is -0.460. The average molecular weight is 274 g/mol. The van der Waals surface area contributed by atoms with E-state index in [1.54, 1.807) is 6.20 Å². The molecule has 1 aliphatic rings. The molecule has 6 heteroatoms. The van der Waals surface area contributed by atoms with Crippen LogP contribution in [0.25, 0.3) is 0 Å². The molecule has 1 atom stereocenters. The molecule has 0 radical (unpaired) electrons. The highest BCUT2D eigenvalue weighted by Gasteiger charge is 2.43. The van der Waals surface area contributed by atoms with Crippen LogP contribution < -0.4 is 9.60 Å². The predicted molar refractivity (Wildman–Crippen MR) is 71.5 cm³/mol. The highest BCUT2D eigenvalue weighted by molar-refractivity contribution is 7.84. The first kappa shape index (κ1) is 13.0. The number of rotatable bonds is 3. The van der Waals surface area contributed by atoms with Crippen molar-refractivity contribution in [2.24, 2.45) is 0 Å². The Balaban J connectivity index is 2.22. The van der Waals surface area contributed by atoms with Crippen LogP contribution in [0.4, 0.5) is 0 Å². The fourth-order valence-corrected chi connectivity index (χ4v) is 3.70. The van der Waals surface area contributed by atoms with Crippen molar-refractivity contribution >= 4 is 22.3 Å². The van der Waals surface area contributed by atoms with Crippen LogP contribution in [0.15, 0.2) is 11.0 Å². The zero-order chi connectivity index (χ0) is 12.7. The molecule has 1 aliphatic carbocycles. The smallest absolute Gasteiger partial charge is 0.304 e. The Bertz CT molecular complexity index is 480. The largest absolute Gasteiger partial charge is 0.319 e. The van der Waals surface area contributed by atoms with Crippen LogP contribution in [0.2, 0.25) is 0 Å². The predicted octanol–water partition coefficient (Wildman–Crippen LogP) is 1.87. The van der Waals surface area contributed by atoms with E-state index in [0.29, 0.717) is 0 Å². The highest BCUT2D eigenvalue weighted by Crippen LogP contribution is 2.43. The van der Waals surface area contributed by atoms with Crippen molar-refractivity contribution in [1.29, 1.82) is 0 Å². The lowest BCUT2D eigenvalue weighted by Crippen LogP contribution is -2.51. The fraction of sp³-hybridized carbons (Fsp3) is 0.727. The summed E-state index contributed by atoms with van der Waals surface area (Å²) in [5.74, 6) is 0. The van der Waals surface area contributed by atoms with Gasteiger partial charge in [-0.05, 0) is 40.0 Å². The molecule has 17 heavy (non-hydrogen) atoms. The summed E-state index contributed by atoms with van der Waals surface area (Å²) in [4.78, 5) is 14.8. The van der Waals surface area contributed by atoms with Gasteiger partial charge in [0.25, 0.3) is 0 Å². The molecule has 0 saturated heterocycles. The van der Waals surface area contributed by atoms with Gasteiger partial charge < -0.3 is 4.98 Å². The normalized spacial score (nSPS) is 20.9. The maximum Gasteiger partial charge on any atom is 0.304 e. The molecule has 2 N–H and O–H groups in total. The number of aromatic nitrogens is 1. The molecule has 0 spiro atoms. The molecule has 1 fully saturated rings. The van der Waals surface area contributed by atoms with Gasteiger partial charge >= 0.3 is 4.87 Å². The summed E-state index contributed by atoms with van der Waals surface area (Å²) in [6.07, 6.45) is 4.75. The number of H-pyrrole nitrogens is 1. The molecule has 2 rings (SSSR count). The monoisotopic (exact) mass is 274 g/mol. The summed E-state index contributed by atoms with van der Waals surface area (Å²) in [5, 5.41) is 0. The third-order valence-electron chi connectivity index (χ3n) is 3.05. The summed E-state index contributed by atoms with van der Waals surface area (Å²) in [6, 6.07) is 0. The van der Waals surface area contributed by atoms with E-state index < -0.39 is 11.0 Å². The van der Waals surface area contributed by atoms with Gasteiger partial charge in [-0.25, -0.2) is 8.93 Å². The van der Waals surface area contributed by atoms with Crippen molar-refractivity contribution in [2.45, 2.75) is 50.3 Å². The number of thiazole rings is 1.